The topological polar surface area (TPSA) is 43.4 Å². The van der Waals surface area contributed by atoms with Crippen molar-refractivity contribution in [3.63, 3.8) is 0 Å². The normalized spacial score (nSPS) is 49.1. The molecule has 4 rings (SSSR count). The average molecular weight is 222 g/mol. The number of carbonyl (C=O) groups is 2. The van der Waals surface area contributed by atoms with Gasteiger partial charge in [0.1, 0.15) is 6.29 Å². The first-order valence-electron chi connectivity index (χ1n) is 6.16. The molecule has 4 fully saturated rings. The molecule has 0 heterocycles. The van der Waals surface area contributed by atoms with E-state index in [9.17, 15) is 9.59 Å². The first-order chi connectivity index (χ1) is 7.61. The molecule has 4 saturated carbocycles. The van der Waals surface area contributed by atoms with Crippen LogP contribution in [0.25, 0.3) is 0 Å². The molecule has 2 unspecified atom stereocenters. The fourth-order valence-electron chi connectivity index (χ4n) is 4.93. The van der Waals surface area contributed by atoms with E-state index in [1.54, 1.807) is 0 Å². The highest BCUT2D eigenvalue weighted by atomic mass is 16.5. The van der Waals surface area contributed by atoms with Crippen LogP contribution in [0.2, 0.25) is 0 Å². The molecule has 4 aliphatic carbocycles. The molecule has 2 atom stereocenters. The van der Waals surface area contributed by atoms with E-state index in [2.05, 4.69) is 0 Å². The van der Waals surface area contributed by atoms with Crippen LogP contribution in [-0.4, -0.2) is 19.4 Å². The molecule has 0 aromatic rings. The summed E-state index contributed by atoms with van der Waals surface area (Å²) in [6.07, 6.45) is 6.99. The molecule has 0 aromatic heterocycles. The number of esters is 1. The fraction of sp³-hybridized carbons (Fsp3) is 0.846. The Morgan fingerprint density at radius 2 is 1.88 bits per heavy atom. The number of carbonyl (C=O) groups excluding carboxylic acids is 2. The SMILES string of the molecule is COC(=O)C12CC3CC(CC(C=O)(C3)C1)C2. The van der Waals surface area contributed by atoms with E-state index in [0.717, 1.165) is 38.4 Å². The van der Waals surface area contributed by atoms with E-state index < -0.39 is 0 Å². The van der Waals surface area contributed by atoms with Gasteiger partial charge in [-0.05, 0) is 50.4 Å². The van der Waals surface area contributed by atoms with E-state index in [1.165, 1.54) is 13.5 Å². The van der Waals surface area contributed by atoms with Crippen LogP contribution in [0.4, 0.5) is 0 Å². The van der Waals surface area contributed by atoms with Gasteiger partial charge in [0.15, 0.2) is 0 Å². The van der Waals surface area contributed by atoms with Gasteiger partial charge in [0.2, 0.25) is 0 Å². The summed E-state index contributed by atoms with van der Waals surface area (Å²) in [5.41, 5.74) is -0.516. The van der Waals surface area contributed by atoms with Crippen LogP contribution in [0, 0.1) is 22.7 Å². The molecule has 16 heavy (non-hydrogen) atoms. The van der Waals surface area contributed by atoms with Gasteiger partial charge in [-0.3, -0.25) is 4.79 Å². The van der Waals surface area contributed by atoms with Crippen LogP contribution in [-0.2, 0) is 14.3 Å². The van der Waals surface area contributed by atoms with Gasteiger partial charge in [-0.2, -0.15) is 0 Å². The second-order valence-corrected chi connectivity index (χ2v) is 6.21. The first kappa shape index (κ1) is 10.3. The molecule has 3 heteroatoms. The van der Waals surface area contributed by atoms with Crippen molar-refractivity contribution in [2.75, 3.05) is 7.11 Å². The molecule has 0 saturated heterocycles. The third-order valence-corrected chi connectivity index (χ3v) is 4.97. The first-order valence-corrected chi connectivity index (χ1v) is 6.16. The Morgan fingerprint density at radius 1 is 1.25 bits per heavy atom. The Morgan fingerprint density at radius 3 is 2.38 bits per heavy atom. The maximum absolute atomic E-state index is 12.0. The zero-order valence-electron chi connectivity index (χ0n) is 9.70. The minimum Gasteiger partial charge on any atom is -0.469 e. The van der Waals surface area contributed by atoms with Crippen molar-refractivity contribution in [2.45, 2.75) is 38.5 Å². The maximum atomic E-state index is 12.0. The second kappa shape index (κ2) is 3.08. The maximum Gasteiger partial charge on any atom is 0.311 e. The predicted octanol–water partition coefficient (Wildman–Crippen LogP) is 1.94. The average Bonchev–Trinajstić information content (AvgIpc) is 2.26. The number of rotatable bonds is 2. The third kappa shape index (κ3) is 1.20. The standard InChI is InChI=1S/C13H18O3/c1-16-11(15)13-5-9-2-10(6-13)4-12(3-9,7-13)8-14/h8-10H,2-7H2,1H3. The highest BCUT2D eigenvalue weighted by molar-refractivity contribution is 5.79. The van der Waals surface area contributed by atoms with E-state index in [4.69, 9.17) is 4.74 Å². The Balaban J connectivity index is 1.98. The second-order valence-electron chi connectivity index (χ2n) is 6.21. The molecule has 0 spiro atoms. The van der Waals surface area contributed by atoms with Crippen LogP contribution in [0.1, 0.15) is 38.5 Å². The number of hydrogen-bond donors (Lipinski definition) is 0. The van der Waals surface area contributed by atoms with E-state index in [-0.39, 0.29) is 16.8 Å². The lowest BCUT2D eigenvalue weighted by molar-refractivity contribution is -0.177. The van der Waals surface area contributed by atoms with Gasteiger partial charge in [0.25, 0.3) is 0 Å². The van der Waals surface area contributed by atoms with Crippen molar-refractivity contribution in [1.82, 2.24) is 0 Å². The largest absolute Gasteiger partial charge is 0.469 e. The lowest BCUT2D eigenvalue weighted by Gasteiger charge is -2.58. The lowest BCUT2D eigenvalue weighted by Crippen LogP contribution is -2.55. The van der Waals surface area contributed by atoms with Gasteiger partial charge in [-0.15, -0.1) is 0 Å². The van der Waals surface area contributed by atoms with Crippen molar-refractivity contribution in [1.29, 1.82) is 0 Å². The van der Waals surface area contributed by atoms with E-state index >= 15 is 0 Å². The number of methoxy groups -OCH3 is 1. The fourth-order valence-corrected chi connectivity index (χ4v) is 4.93. The Labute approximate surface area is 95.5 Å². The van der Waals surface area contributed by atoms with Gasteiger partial charge in [0, 0.05) is 5.41 Å². The summed E-state index contributed by atoms with van der Waals surface area (Å²) in [6, 6.07) is 0. The van der Waals surface area contributed by atoms with Gasteiger partial charge < -0.3 is 9.53 Å². The van der Waals surface area contributed by atoms with Crippen LogP contribution in [0.3, 0.4) is 0 Å². The van der Waals surface area contributed by atoms with Crippen molar-refractivity contribution in [3.05, 3.63) is 0 Å². The highest BCUT2D eigenvalue weighted by Crippen LogP contribution is 2.64. The quantitative estimate of drug-likeness (QED) is 0.529. The molecule has 88 valence electrons. The van der Waals surface area contributed by atoms with Gasteiger partial charge in [-0.1, -0.05) is 0 Å². The summed E-state index contributed by atoms with van der Waals surface area (Å²) < 4.78 is 4.97. The summed E-state index contributed by atoms with van der Waals surface area (Å²) in [5.74, 6) is 1.07. The molecule has 0 aromatic carbocycles. The summed E-state index contributed by atoms with van der Waals surface area (Å²) in [5, 5.41) is 0. The van der Waals surface area contributed by atoms with E-state index in [0.29, 0.717) is 11.8 Å². The van der Waals surface area contributed by atoms with E-state index in [1.807, 2.05) is 0 Å². The monoisotopic (exact) mass is 222 g/mol. The molecular formula is C13H18O3. The number of ether oxygens (including phenoxy) is 1. The van der Waals surface area contributed by atoms with Crippen molar-refractivity contribution in [2.24, 2.45) is 22.7 Å². The molecular weight excluding hydrogens is 204 g/mol. The van der Waals surface area contributed by atoms with Crippen LogP contribution >= 0.6 is 0 Å². The zero-order valence-corrected chi connectivity index (χ0v) is 9.70. The third-order valence-electron chi connectivity index (χ3n) is 4.97. The minimum atomic E-state index is -0.320. The summed E-state index contributed by atoms with van der Waals surface area (Å²) in [4.78, 5) is 23.3. The summed E-state index contributed by atoms with van der Waals surface area (Å²) in [7, 11) is 1.47. The Kier molecular flexibility index (Phi) is 1.99. The Bertz CT molecular complexity index is 333. The molecule has 0 radical (unpaired) electrons. The molecule has 0 N–H and O–H groups in total. The van der Waals surface area contributed by atoms with Crippen LogP contribution in [0.15, 0.2) is 0 Å². The smallest absolute Gasteiger partial charge is 0.311 e. The molecule has 4 bridgehead atoms. The zero-order chi connectivity index (χ0) is 11.4. The van der Waals surface area contributed by atoms with Crippen molar-refractivity contribution < 1.29 is 14.3 Å². The number of aldehydes is 1. The lowest BCUT2D eigenvalue weighted by atomic mass is 9.44. The predicted molar refractivity (Wildman–Crippen MR) is 57.6 cm³/mol. The van der Waals surface area contributed by atoms with Gasteiger partial charge in [0.05, 0.1) is 12.5 Å². The Hall–Kier alpha value is -0.860. The van der Waals surface area contributed by atoms with Crippen molar-refractivity contribution in [3.8, 4) is 0 Å². The molecule has 0 aliphatic heterocycles. The highest BCUT2D eigenvalue weighted by Gasteiger charge is 2.61. The van der Waals surface area contributed by atoms with Gasteiger partial charge in [-0.25, -0.2) is 0 Å². The number of hydrogen-bond acceptors (Lipinski definition) is 3. The molecule has 3 nitrogen and oxygen atoms in total. The van der Waals surface area contributed by atoms with Crippen LogP contribution in [0.5, 0.6) is 0 Å². The molecule has 0 amide bonds. The molecule has 4 aliphatic rings. The minimum absolute atomic E-state index is 0.0761. The van der Waals surface area contributed by atoms with Crippen molar-refractivity contribution >= 4 is 12.3 Å². The van der Waals surface area contributed by atoms with Gasteiger partial charge >= 0.3 is 5.97 Å². The summed E-state index contributed by atoms with van der Waals surface area (Å²) >= 11 is 0. The summed E-state index contributed by atoms with van der Waals surface area (Å²) in [6.45, 7) is 0. The van der Waals surface area contributed by atoms with Crippen LogP contribution < -0.4 is 0 Å².